The van der Waals surface area contributed by atoms with E-state index in [0.717, 1.165) is 0 Å². The van der Waals surface area contributed by atoms with E-state index in [1.165, 1.54) is 19.4 Å². The van der Waals surface area contributed by atoms with Crippen molar-refractivity contribution in [1.82, 2.24) is 4.98 Å². The molecular formula is C8H7N3O3. The van der Waals surface area contributed by atoms with E-state index in [4.69, 9.17) is 15.1 Å². The molecule has 1 aromatic heterocycles. The van der Waals surface area contributed by atoms with Crippen LogP contribution >= 0.6 is 0 Å². The number of hydrogen-bond donors (Lipinski definition) is 2. The van der Waals surface area contributed by atoms with Gasteiger partial charge in [0.05, 0.1) is 19.0 Å². The Kier molecular flexibility index (Phi) is 2.86. The number of hydrogen-bond acceptors (Lipinski definition) is 4. The maximum atomic E-state index is 10.3. The first-order valence-electron chi connectivity index (χ1n) is 3.61. The SMILES string of the molecule is COc1ncc(NC(=O)O)cc1C#N. The predicted molar refractivity (Wildman–Crippen MR) is 47.2 cm³/mol. The molecule has 0 aliphatic rings. The number of nitrogens with one attached hydrogen (secondary N) is 1. The molecule has 0 atom stereocenters. The van der Waals surface area contributed by atoms with E-state index in [0.29, 0.717) is 0 Å². The molecule has 0 unspecified atom stereocenters. The number of carboxylic acid groups (broad SMARTS) is 1. The van der Waals surface area contributed by atoms with Crippen LogP contribution in [0.1, 0.15) is 5.56 Å². The summed E-state index contributed by atoms with van der Waals surface area (Å²) in [5, 5.41) is 19.1. The Bertz CT molecular complexity index is 397. The van der Waals surface area contributed by atoms with Gasteiger partial charge in [0.1, 0.15) is 11.6 Å². The average molecular weight is 193 g/mol. The summed E-state index contributed by atoms with van der Waals surface area (Å²) in [5.74, 6) is 0.170. The largest absolute Gasteiger partial charge is 0.480 e. The highest BCUT2D eigenvalue weighted by atomic mass is 16.5. The molecule has 0 fully saturated rings. The lowest BCUT2D eigenvalue weighted by Gasteiger charge is -2.03. The fourth-order valence-corrected chi connectivity index (χ4v) is 0.887. The second-order valence-electron chi connectivity index (χ2n) is 2.32. The number of nitrogens with zero attached hydrogens (tertiary/aromatic N) is 2. The number of amides is 1. The highest BCUT2D eigenvalue weighted by molar-refractivity contribution is 5.82. The molecule has 72 valence electrons. The van der Waals surface area contributed by atoms with Crippen molar-refractivity contribution in [1.29, 1.82) is 5.26 Å². The van der Waals surface area contributed by atoms with Gasteiger partial charge in [-0.1, -0.05) is 0 Å². The molecular weight excluding hydrogens is 186 g/mol. The van der Waals surface area contributed by atoms with Gasteiger partial charge in [0.25, 0.3) is 0 Å². The maximum absolute atomic E-state index is 10.3. The number of aromatic nitrogens is 1. The Morgan fingerprint density at radius 1 is 1.79 bits per heavy atom. The topological polar surface area (TPSA) is 95.2 Å². The van der Waals surface area contributed by atoms with Crippen LogP contribution in [0.2, 0.25) is 0 Å². The van der Waals surface area contributed by atoms with Gasteiger partial charge in [0, 0.05) is 0 Å². The molecule has 0 aliphatic heterocycles. The normalized spacial score (nSPS) is 8.86. The van der Waals surface area contributed by atoms with Crippen LogP contribution in [0.15, 0.2) is 12.3 Å². The van der Waals surface area contributed by atoms with Crippen molar-refractivity contribution in [3.8, 4) is 11.9 Å². The number of pyridine rings is 1. The molecule has 14 heavy (non-hydrogen) atoms. The van der Waals surface area contributed by atoms with E-state index in [1.54, 1.807) is 0 Å². The van der Waals surface area contributed by atoms with E-state index in [9.17, 15) is 4.79 Å². The maximum Gasteiger partial charge on any atom is 0.409 e. The molecule has 1 rings (SSSR count). The van der Waals surface area contributed by atoms with Crippen LogP contribution < -0.4 is 10.1 Å². The van der Waals surface area contributed by atoms with Gasteiger partial charge in [-0.05, 0) is 6.07 Å². The Hall–Kier alpha value is -2.29. The number of anilines is 1. The predicted octanol–water partition coefficient (Wildman–Crippen LogP) is 1.05. The lowest BCUT2D eigenvalue weighted by atomic mass is 10.3. The minimum Gasteiger partial charge on any atom is -0.480 e. The first-order valence-corrected chi connectivity index (χ1v) is 3.61. The molecule has 0 aromatic carbocycles. The van der Waals surface area contributed by atoms with E-state index in [2.05, 4.69) is 10.3 Å². The van der Waals surface area contributed by atoms with Gasteiger partial charge in [-0.25, -0.2) is 9.78 Å². The van der Waals surface area contributed by atoms with Crippen LogP contribution in [-0.4, -0.2) is 23.3 Å². The minimum absolute atomic E-state index is 0.170. The molecule has 0 bridgehead atoms. The molecule has 1 amide bonds. The monoisotopic (exact) mass is 193 g/mol. The second-order valence-corrected chi connectivity index (χ2v) is 2.32. The Morgan fingerprint density at radius 3 is 3.00 bits per heavy atom. The fourth-order valence-electron chi connectivity index (χ4n) is 0.887. The quantitative estimate of drug-likeness (QED) is 0.731. The lowest BCUT2D eigenvalue weighted by molar-refractivity contribution is 0.209. The third-order valence-corrected chi connectivity index (χ3v) is 1.42. The zero-order valence-electron chi connectivity index (χ0n) is 7.31. The van der Waals surface area contributed by atoms with Gasteiger partial charge < -0.3 is 9.84 Å². The molecule has 1 aromatic rings. The lowest BCUT2D eigenvalue weighted by Crippen LogP contribution is -2.08. The van der Waals surface area contributed by atoms with Gasteiger partial charge in [0.2, 0.25) is 5.88 Å². The summed E-state index contributed by atoms with van der Waals surface area (Å²) in [6, 6.07) is 3.19. The van der Waals surface area contributed by atoms with Gasteiger partial charge in [-0.2, -0.15) is 5.26 Å². The van der Waals surface area contributed by atoms with E-state index < -0.39 is 6.09 Å². The summed E-state index contributed by atoms with van der Waals surface area (Å²) >= 11 is 0. The van der Waals surface area contributed by atoms with Gasteiger partial charge in [-0.3, -0.25) is 5.32 Å². The van der Waals surface area contributed by atoms with Gasteiger partial charge in [-0.15, -0.1) is 0 Å². The van der Waals surface area contributed by atoms with Crippen molar-refractivity contribution in [3.63, 3.8) is 0 Å². The van der Waals surface area contributed by atoms with Crippen molar-refractivity contribution in [2.24, 2.45) is 0 Å². The van der Waals surface area contributed by atoms with Crippen LogP contribution in [0.5, 0.6) is 5.88 Å². The summed E-state index contributed by atoms with van der Waals surface area (Å²) in [6.45, 7) is 0. The van der Waals surface area contributed by atoms with Crippen molar-refractivity contribution in [2.75, 3.05) is 12.4 Å². The number of ether oxygens (including phenoxy) is 1. The highest BCUT2D eigenvalue weighted by Gasteiger charge is 2.06. The van der Waals surface area contributed by atoms with Crippen LogP contribution in [-0.2, 0) is 0 Å². The van der Waals surface area contributed by atoms with Crippen LogP contribution in [0.4, 0.5) is 10.5 Å². The van der Waals surface area contributed by atoms with Crippen LogP contribution in [0.25, 0.3) is 0 Å². The van der Waals surface area contributed by atoms with E-state index in [1.807, 2.05) is 6.07 Å². The third-order valence-electron chi connectivity index (χ3n) is 1.42. The third kappa shape index (κ3) is 2.10. The molecule has 1 heterocycles. The molecule has 6 nitrogen and oxygen atoms in total. The van der Waals surface area contributed by atoms with Crippen molar-refractivity contribution in [2.45, 2.75) is 0 Å². The Labute approximate surface area is 79.8 Å². The number of carbonyl (C=O) groups is 1. The number of nitriles is 1. The van der Waals surface area contributed by atoms with Gasteiger partial charge in [0.15, 0.2) is 0 Å². The van der Waals surface area contributed by atoms with Crippen molar-refractivity contribution >= 4 is 11.8 Å². The van der Waals surface area contributed by atoms with Crippen molar-refractivity contribution in [3.05, 3.63) is 17.8 Å². The molecule has 6 heteroatoms. The zero-order valence-corrected chi connectivity index (χ0v) is 7.31. The molecule has 0 spiro atoms. The smallest absolute Gasteiger partial charge is 0.409 e. The summed E-state index contributed by atoms with van der Waals surface area (Å²) in [7, 11) is 1.38. The van der Waals surface area contributed by atoms with Crippen LogP contribution in [0, 0.1) is 11.3 Å². The summed E-state index contributed by atoms with van der Waals surface area (Å²) in [4.78, 5) is 14.0. The van der Waals surface area contributed by atoms with Crippen molar-refractivity contribution < 1.29 is 14.6 Å². The molecule has 0 aliphatic carbocycles. The standard InChI is InChI=1S/C8H7N3O3/c1-14-7-5(3-9)2-6(4-10-7)11-8(12)13/h2,4,11H,1H3,(H,12,13). The van der Waals surface area contributed by atoms with Crippen LogP contribution in [0.3, 0.4) is 0 Å². The summed E-state index contributed by atoms with van der Waals surface area (Å²) < 4.78 is 4.79. The van der Waals surface area contributed by atoms with E-state index >= 15 is 0 Å². The second kappa shape index (κ2) is 4.09. The van der Waals surface area contributed by atoms with E-state index in [-0.39, 0.29) is 17.1 Å². The first kappa shape index (κ1) is 9.80. The summed E-state index contributed by atoms with van der Waals surface area (Å²) in [5.41, 5.74) is 0.411. The highest BCUT2D eigenvalue weighted by Crippen LogP contribution is 2.17. The first-order chi connectivity index (χ1) is 6.67. The number of methoxy groups -OCH3 is 1. The Morgan fingerprint density at radius 2 is 2.50 bits per heavy atom. The Balaban J connectivity index is 3.03. The fraction of sp³-hybridized carbons (Fsp3) is 0.125. The number of rotatable bonds is 2. The molecule has 0 saturated heterocycles. The average Bonchev–Trinajstić information content (AvgIpc) is 2.16. The molecule has 2 N–H and O–H groups in total. The zero-order chi connectivity index (χ0) is 10.6. The summed E-state index contributed by atoms with van der Waals surface area (Å²) in [6.07, 6.45) is 0.0641. The molecule has 0 saturated carbocycles. The van der Waals surface area contributed by atoms with Gasteiger partial charge >= 0.3 is 6.09 Å². The molecule has 0 radical (unpaired) electrons. The minimum atomic E-state index is -1.21.